The Balaban J connectivity index is 1.25. The van der Waals surface area contributed by atoms with Gasteiger partial charge in [0.2, 0.25) is 15.9 Å². The molecule has 3 aromatic rings. The first-order valence-electron chi connectivity index (χ1n) is 10.3. The van der Waals surface area contributed by atoms with E-state index in [2.05, 4.69) is 15.2 Å². The third kappa shape index (κ3) is 5.05. The second-order valence-electron chi connectivity index (χ2n) is 7.68. The number of sulfonamides is 1. The molecule has 8 nitrogen and oxygen atoms in total. The molecule has 4 rings (SSSR count). The summed E-state index contributed by atoms with van der Waals surface area (Å²) in [6.45, 7) is 4.07. The minimum absolute atomic E-state index is 0.0799. The molecule has 1 aromatic carbocycles. The van der Waals surface area contributed by atoms with E-state index >= 15 is 0 Å². The van der Waals surface area contributed by atoms with Crippen molar-refractivity contribution in [2.75, 3.05) is 43.4 Å². The van der Waals surface area contributed by atoms with Gasteiger partial charge in [0.05, 0.1) is 18.4 Å². The fourth-order valence-electron chi connectivity index (χ4n) is 3.75. The number of carbonyl (C=O) groups excluding carboxylic acids is 1. The predicted octanol–water partition coefficient (Wildman–Crippen LogP) is 1.95. The summed E-state index contributed by atoms with van der Waals surface area (Å²) in [6.07, 6.45) is 3.47. The van der Waals surface area contributed by atoms with Crippen LogP contribution in [0.2, 0.25) is 0 Å². The number of rotatable bonds is 7. The van der Waals surface area contributed by atoms with E-state index in [1.165, 1.54) is 4.31 Å². The summed E-state index contributed by atoms with van der Waals surface area (Å²) < 4.78 is 32.3. The van der Waals surface area contributed by atoms with Gasteiger partial charge in [-0.05, 0) is 30.7 Å². The van der Waals surface area contributed by atoms with Crippen LogP contribution >= 0.6 is 0 Å². The standard InChI is InChI=1S/C22H26N4O4S/c1-17-5-6-19-18(16-30-20(19)14-17)15-22(27)24-8-13-31(28,29)26-11-9-25(10-12-26)21-4-2-3-7-23-21/h2-7,14,16H,8-13,15H2,1H3,(H,24,27). The Morgan fingerprint density at radius 1 is 1.16 bits per heavy atom. The zero-order valence-electron chi connectivity index (χ0n) is 17.5. The van der Waals surface area contributed by atoms with Gasteiger partial charge in [-0.2, -0.15) is 4.31 Å². The smallest absolute Gasteiger partial charge is 0.224 e. The minimum Gasteiger partial charge on any atom is -0.464 e. The zero-order valence-corrected chi connectivity index (χ0v) is 18.3. The number of pyridine rings is 1. The van der Waals surface area contributed by atoms with E-state index in [-0.39, 0.29) is 24.6 Å². The molecule has 0 bridgehead atoms. The monoisotopic (exact) mass is 442 g/mol. The van der Waals surface area contributed by atoms with E-state index < -0.39 is 10.0 Å². The van der Waals surface area contributed by atoms with E-state index in [0.29, 0.717) is 26.2 Å². The van der Waals surface area contributed by atoms with Crippen LogP contribution in [0.4, 0.5) is 5.82 Å². The van der Waals surface area contributed by atoms with E-state index in [9.17, 15) is 13.2 Å². The molecule has 9 heteroatoms. The van der Waals surface area contributed by atoms with Gasteiger partial charge in [0, 0.05) is 49.9 Å². The highest BCUT2D eigenvalue weighted by molar-refractivity contribution is 7.89. The van der Waals surface area contributed by atoms with Crippen LogP contribution in [0.5, 0.6) is 0 Å². The maximum absolute atomic E-state index is 12.7. The van der Waals surface area contributed by atoms with Crippen LogP contribution in [-0.2, 0) is 21.2 Å². The Bertz CT molecular complexity index is 1150. The van der Waals surface area contributed by atoms with Gasteiger partial charge in [-0.1, -0.05) is 18.2 Å². The Hall–Kier alpha value is -2.91. The molecule has 1 N–H and O–H groups in total. The number of anilines is 1. The third-order valence-electron chi connectivity index (χ3n) is 5.45. The van der Waals surface area contributed by atoms with Crippen LogP contribution in [0, 0.1) is 6.92 Å². The van der Waals surface area contributed by atoms with Gasteiger partial charge in [0.15, 0.2) is 0 Å². The highest BCUT2D eigenvalue weighted by atomic mass is 32.2. The average Bonchev–Trinajstić information content (AvgIpc) is 3.16. The summed E-state index contributed by atoms with van der Waals surface area (Å²) in [7, 11) is -3.43. The normalized spacial score (nSPS) is 15.3. The van der Waals surface area contributed by atoms with E-state index in [1.54, 1.807) is 12.5 Å². The van der Waals surface area contributed by atoms with Gasteiger partial charge in [-0.15, -0.1) is 0 Å². The number of aromatic nitrogens is 1. The van der Waals surface area contributed by atoms with Gasteiger partial charge in [-0.3, -0.25) is 4.79 Å². The van der Waals surface area contributed by atoms with Crippen molar-refractivity contribution >= 4 is 32.7 Å². The highest BCUT2D eigenvalue weighted by Gasteiger charge is 2.27. The lowest BCUT2D eigenvalue weighted by atomic mass is 10.1. The van der Waals surface area contributed by atoms with Gasteiger partial charge in [0.25, 0.3) is 0 Å². The molecule has 1 saturated heterocycles. The molecule has 31 heavy (non-hydrogen) atoms. The molecule has 1 amide bonds. The quantitative estimate of drug-likeness (QED) is 0.601. The Labute approximate surface area is 181 Å². The van der Waals surface area contributed by atoms with E-state index in [1.807, 2.05) is 43.3 Å². The van der Waals surface area contributed by atoms with Crippen LogP contribution in [0.1, 0.15) is 11.1 Å². The van der Waals surface area contributed by atoms with E-state index in [4.69, 9.17) is 4.42 Å². The van der Waals surface area contributed by atoms with Crippen molar-refractivity contribution in [1.29, 1.82) is 0 Å². The van der Waals surface area contributed by atoms with Gasteiger partial charge >= 0.3 is 0 Å². The number of furan rings is 1. The lowest BCUT2D eigenvalue weighted by Gasteiger charge is -2.34. The van der Waals surface area contributed by atoms with Crippen LogP contribution in [0.3, 0.4) is 0 Å². The van der Waals surface area contributed by atoms with Gasteiger partial charge in [-0.25, -0.2) is 13.4 Å². The van der Waals surface area contributed by atoms with Crippen molar-refractivity contribution in [2.45, 2.75) is 13.3 Å². The summed E-state index contributed by atoms with van der Waals surface area (Å²) in [5.74, 6) is 0.514. The lowest BCUT2D eigenvalue weighted by molar-refractivity contribution is -0.120. The van der Waals surface area contributed by atoms with Crippen LogP contribution < -0.4 is 10.2 Å². The molecule has 1 fully saturated rings. The maximum Gasteiger partial charge on any atom is 0.224 e. The molecule has 164 valence electrons. The first kappa shape index (κ1) is 21.3. The van der Waals surface area contributed by atoms with Crippen molar-refractivity contribution in [2.24, 2.45) is 0 Å². The number of hydrogen-bond acceptors (Lipinski definition) is 6. The van der Waals surface area contributed by atoms with Gasteiger partial charge < -0.3 is 14.6 Å². The van der Waals surface area contributed by atoms with Gasteiger partial charge in [0.1, 0.15) is 11.4 Å². The summed E-state index contributed by atoms with van der Waals surface area (Å²) >= 11 is 0. The largest absolute Gasteiger partial charge is 0.464 e. The zero-order chi connectivity index (χ0) is 21.8. The molecule has 0 radical (unpaired) electrons. The molecule has 1 aliphatic heterocycles. The molecule has 2 aromatic heterocycles. The number of nitrogens with zero attached hydrogens (tertiary/aromatic N) is 3. The first-order chi connectivity index (χ1) is 14.9. The van der Waals surface area contributed by atoms with Crippen molar-refractivity contribution in [3.05, 3.63) is 60.0 Å². The summed E-state index contributed by atoms with van der Waals surface area (Å²) in [4.78, 5) is 18.7. The molecular formula is C22H26N4O4S. The van der Waals surface area contributed by atoms with Crippen molar-refractivity contribution < 1.29 is 17.6 Å². The fraction of sp³-hybridized carbons (Fsp3) is 0.364. The number of amides is 1. The highest BCUT2D eigenvalue weighted by Crippen LogP contribution is 2.22. The number of nitrogens with one attached hydrogen (secondary N) is 1. The second-order valence-corrected chi connectivity index (χ2v) is 9.77. The lowest BCUT2D eigenvalue weighted by Crippen LogP contribution is -2.50. The molecule has 1 aliphatic rings. The Kier molecular flexibility index (Phi) is 6.24. The molecule has 0 unspecified atom stereocenters. The predicted molar refractivity (Wildman–Crippen MR) is 119 cm³/mol. The molecule has 0 atom stereocenters. The number of carbonyl (C=O) groups is 1. The number of aryl methyl sites for hydroxylation is 1. The molecule has 3 heterocycles. The third-order valence-corrected chi connectivity index (χ3v) is 7.32. The Morgan fingerprint density at radius 2 is 1.97 bits per heavy atom. The van der Waals surface area contributed by atoms with E-state index in [0.717, 1.165) is 27.9 Å². The van der Waals surface area contributed by atoms with Crippen molar-refractivity contribution in [1.82, 2.24) is 14.6 Å². The first-order valence-corrected chi connectivity index (χ1v) is 11.9. The van der Waals surface area contributed by atoms with Crippen LogP contribution in [0.25, 0.3) is 11.0 Å². The molecule has 0 spiro atoms. The second kappa shape index (κ2) is 9.07. The summed E-state index contributed by atoms with van der Waals surface area (Å²) in [5.41, 5.74) is 2.63. The SMILES string of the molecule is Cc1ccc2c(CC(=O)NCCS(=O)(=O)N3CCN(c4ccccn4)CC3)coc2c1. The topological polar surface area (TPSA) is 95.8 Å². The number of fused-ring (bicyclic) bond motifs is 1. The summed E-state index contributed by atoms with van der Waals surface area (Å²) in [5, 5.41) is 3.62. The summed E-state index contributed by atoms with van der Waals surface area (Å²) in [6, 6.07) is 11.5. The maximum atomic E-state index is 12.7. The van der Waals surface area contributed by atoms with Crippen molar-refractivity contribution in [3.63, 3.8) is 0 Å². The number of hydrogen-bond donors (Lipinski definition) is 1. The fourth-order valence-corrected chi connectivity index (χ4v) is 5.09. The molecular weight excluding hydrogens is 416 g/mol. The molecule has 0 aliphatic carbocycles. The van der Waals surface area contributed by atoms with Crippen LogP contribution in [0.15, 0.2) is 53.3 Å². The van der Waals surface area contributed by atoms with Crippen LogP contribution in [-0.4, -0.2) is 62.1 Å². The van der Waals surface area contributed by atoms with Crippen molar-refractivity contribution in [3.8, 4) is 0 Å². The number of benzene rings is 1. The minimum atomic E-state index is -3.43. The molecule has 0 saturated carbocycles. The Morgan fingerprint density at radius 3 is 2.71 bits per heavy atom. The average molecular weight is 443 g/mol. The number of piperazine rings is 1.